The Labute approximate surface area is 51.4 Å². The van der Waals surface area contributed by atoms with Crippen molar-refractivity contribution in [3.63, 3.8) is 0 Å². The maximum atomic E-state index is 10.2. The molecule has 0 saturated carbocycles. The molecule has 6 heteroatoms. The van der Waals surface area contributed by atoms with E-state index in [0.29, 0.717) is 5.06 Å². The van der Waals surface area contributed by atoms with Crippen LogP contribution in [0.25, 0.3) is 0 Å². The number of urea groups is 1. The van der Waals surface area contributed by atoms with Crippen molar-refractivity contribution in [3.8, 4) is 0 Å². The Morgan fingerprint density at radius 2 is 2.44 bits per heavy atom. The Hall–Kier alpha value is -1.17. The molecule has 0 aromatic carbocycles. The third kappa shape index (κ3) is 2.60. The molecular formula is C3H7N3O3. The minimum absolute atomic E-state index is 0.112. The number of carbonyl (C=O) groups excluding carboxylic acids is 1. The first kappa shape index (κ1) is 7.83. The SMILES string of the molecule is CCN(O)C(=O)NN=O. The zero-order valence-electron chi connectivity index (χ0n) is 4.87. The summed E-state index contributed by atoms with van der Waals surface area (Å²) < 4.78 is 0. The van der Waals surface area contributed by atoms with Gasteiger partial charge in [-0.3, -0.25) is 5.21 Å². The topological polar surface area (TPSA) is 82.0 Å². The summed E-state index contributed by atoms with van der Waals surface area (Å²) in [5.74, 6) is 0. The van der Waals surface area contributed by atoms with Crippen molar-refractivity contribution in [1.82, 2.24) is 10.5 Å². The summed E-state index contributed by atoms with van der Waals surface area (Å²) in [6.45, 7) is 1.66. The molecule has 6 nitrogen and oxygen atoms in total. The second kappa shape index (κ2) is 3.79. The van der Waals surface area contributed by atoms with E-state index < -0.39 is 6.03 Å². The Morgan fingerprint density at radius 3 is 2.78 bits per heavy atom. The van der Waals surface area contributed by atoms with E-state index in [9.17, 15) is 9.70 Å². The molecule has 2 amide bonds. The molecule has 0 radical (unpaired) electrons. The van der Waals surface area contributed by atoms with Gasteiger partial charge in [0.05, 0.1) is 5.29 Å². The van der Waals surface area contributed by atoms with Crippen LogP contribution in [-0.2, 0) is 0 Å². The van der Waals surface area contributed by atoms with Crippen LogP contribution in [-0.4, -0.2) is 22.8 Å². The highest BCUT2D eigenvalue weighted by atomic mass is 16.5. The Morgan fingerprint density at radius 1 is 1.89 bits per heavy atom. The standard InChI is InChI=1S/C3H7N3O3/c1-2-6(9)3(7)4-5-8/h9H,2H2,1H3,(H,4,7,8). The Kier molecular flexibility index (Phi) is 3.29. The zero-order chi connectivity index (χ0) is 7.28. The highest BCUT2D eigenvalue weighted by Crippen LogP contribution is 1.79. The number of hydrogen-bond donors (Lipinski definition) is 2. The first-order chi connectivity index (χ1) is 4.22. The molecule has 0 bridgehead atoms. The number of hydrogen-bond acceptors (Lipinski definition) is 4. The number of nitroso groups, excluding NO2 is 1. The summed E-state index contributed by atoms with van der Waals surface area (Å²) in [5.41, 5.74) is 1.50. The number of amides is 2. The third-order valence-corrected chi connectivity index (χ3v) is 0.675. The van der Waals surface area contributed by atoms with Crippen LogP contribution in [0, 0.1) is 4.91 Å². The van der Waals surface area contributed by atoms with Crippen LogP contribution in [0.4, 0.5) is 4.79 Å². The average molecular weight is 133 g/mol. The Balaban J connectivity index is 3.58. The van der Waals surface area contributed by atoms with Crippen molar-refractivity contribution in [1.29, 1.82) is 0 Å². The summed E-state index contributed by atoms with van der Waals surface area (Å²) in [5, 5.41) is 10.9. The van der Waals surface area contributed by atoms with E-state index in [4.69, 9.17) is 5.21 Å². The molecule has 0 aromatic rings. The van der Waals surface area contributed by atoms with Crippen LogP contribution in [0.1, 0.15) is 6.92 Å². The van der Waals surface area contributed by atoms with Gasteiger partial charge in [0.25, 0.3) is 0 Å². The molecular weight excluding hydrogens is 126 g/mol. The molecule has 0 unspecified atom stereocenters. The lowest BCUT2D eigenvalue weighted by Crippen LogP contribution is -2.34. The van der Waals surface area contributed by atoms with E-state index in [-0.39, 0.29) is 6.54 Å². The van der Waals surface area contributed by atoms with Gasteiger partial charge in [0.15, 0.2) is 0 Å². The van der Waals surface area contributed by atoms with Crippen molar-refractivity contribution in [2.24, 2.45) is 5.29 Å². The van der Waals surface area contributed by atoms with Crippen molar-refractivity contribution in [2.75, 3.05) is 6.54 Å². The lowest BCUT2D eigenvalue weighted by molar-refractivity contribution is -0.0383. The number of nitrogens with one attached hydrogen (secondary N) is 1. The molecule has 0 aliphatic heterocycles. The highest BCUT2D eigenvalue weighted by Gasteiger charge is 2.05. The lowest BCUT2D eigenvalue weighted by Gasteiger charge is -2.08. The second-order valence-electron chi connectivity index (χ2n) is 1.22. The van der Waals surface area contributed by atoms with Crippen molar-refractivity contribution >= 4 is 6.03 Å². The van der Waals surface area contributed by atoms with Crippen LogP contribution < -0.4 is 5.43 Å². The molecule has 0 saturated heterocycles. The van der Waals surface area contributed by atoms with Crippen molar-refractivity contribution in [2.45, 2.75) is 6.92 Å². The van der Waals surface area contributed by atoms with Gasteiger partial charge in [0.2, 0.25) is 0 Å². The van der Waals surface area contributed by atoms with E-state index in [0.717, 1.165) is 0 Å². The fourth-order valence-electron chi connectivity index (χ4n) is 0.240. The number of nitrogens with zero attached hydrogens (tertiary/aromatic N) is 2. The molecule has 0 fully saturated rings. The molecule has 9 heavy (non-hydrogen) atoms. The molecule has 0 aliphatic rings. The fraction of sp³-hybridized carbons (Fsp3) is 0.667. The molecule has 0 spiro atoms. The van der Waals surface area contributed by atoms with Crippen molar-refractivity contribution < 1.29 is 10.0 Å². The monoisotopic (exact) mass is 133 g/mol. The molecule has 0 aliphatic carbocycles. The maximum Gasteiger partial charge on any atom is 0.364 e. The normalized spacial score (nSPS) is 8.22. The van der Waals surface area contributed by atoms with Crippen LogP contribution in [0.3, 0.4) is 0 Å². The predicted molar refractivity (Wildman–Crippen MR) is 28.5 cm³/mol. The van der Waals surface area contributed by atoms with Crippen molar-refractivity contribution in [3.05, 3.63) is 4.91 Å². The van der Waals surface area contributed by atoms with E-state index >= 15 is 0 Å². The van der Waals surface area contributed by atoms with E-state index in [2.05, 4.69) is 5.29 Å². The molecule has 52 valence electrons. The van der Waals surface area contributed by atoms with Crippen LogP contribution in [0.2, 0.25) is 0 Å². The van der Waals surface area contributed by atoms with Gasteiger partial charge in [-0.25, -0.2) is 9.86 Å². The highest BCUT2D eigenvalue weighted by molar-refractivity contribution is 5.72. The fourth-order valence-corrected chi connectivity index (χ4v) is 0.240. The van der Waals surface area contributed by atoms with Gasteiger partial charge >= 0.3 is 6.03 Å². The molecule has 0 atom stereocenters. The molecule has 0 rings (SSSR count). The van der Waals surface area contributed by atoms with Gasteiger partial charge in [-0.1, -0.05) is 0 Å². The van der Waals surface area contributed by atoms with Gasteiger partial charge in [-0.2, -0.15) is 5.43 Å². The summed E-state index contributed by atoms with van der Waals surface area (Å²) in [4.78, 5) is 19.6. The van der Waals surface area contributed by atoms with Gasteiger partial charge in [0.1, 0.15) is 0 Å². The summed E-state index contributed by atoms with van der Waals surface area (Å²) in [6.07, 6.45) is 0. The lowest BCUT2D eigenvalue weighted by atomic mass is 10.7. The zero-order valence-corrected chi connectivity index (χ0v) is 4.87. The number of hydroxylamine groups is 2. The van der Waals surface area contributed by atoms with Crippen LogP contribution >= 0.6 is 0 Å². The van der Waals surface area contributed by atoms with Gasteiger partial charge in [0, 0.05) is 6.54 Å². The second-order valence-corrected chi connectivity index (χ2v) is 1.22. The summed E-state index contributed by atoms with van der Waals surface area (Å²) in [6, 6.07) is -0.924. The summed E-state index contributed by atoms with van der Waals surface area (Å²) in [7, 11) is 0. The molecule has 0 heterocycles. The smallest absolute Gasteiger partial charge is 0.284 e. The van der Waals surface area contributed by atoms with E-state index in [1.54, 1.807) is 6.92 Å². The maximum absolute atomic E-state index is 10.2. The average Bonchev–Trinajstić information content (AvgIpc) is 1.87. The van der Waals surface area contributed by atoms with Gasteiger partial charge in [-0.15, -0.1) is 4.91 Å². The Bertz CT molecular complexity index is 115. The minimum atomic E-state index is -0.924. The third-order valence-electron chi connectivity index (χ3n) is 0.675. The number of carbonyl (C=O) groups is 1. The van der Waals surface area contributed by atoms with Gasteiger partial charge < -0.3 is 0 Å². The van der Waals surface area contributed by atoms with E-state index in [1.807, 2.05) is 0 Å². The first-order valence-electron chi connectivity index (χ1n) is 2.31. The van der Waals surface area contributed by atoms with E-state index in [1.165, 1.54) is 5.43 Å². The quantitative estimate of drug-likeness (QED) is 0.318. The predicted octanol–water partition coefficient (Wildman–Crippen LogP) is 0.0885. The minimum Gasteiger partial charge on any atom is -0.284 e. The first-order valence-corrected chi connectivity index (χ1v) is 2.31. The van der Waals surface area contributed by atoms with Crippen LogP contribution in [0.15, 0.2) is 5.29 Å². The largest absolute Gasteiger partial charge is 0.364 e. The number of rotatable bonds is 2. The van der Waals surface area contributed by atoms with Crippen LogP contribution in [0.5, 0.6) is 0 Å². The molecule has 0 aromatic heterocycles. The van der Waals surface area contributed by atoms with Gasteiger partial charge in [-0.05, 0) is 6.92 Å². The summed E-state index contributed by atoms with van der Waals surface area (Å²) >= 11 is 0. The molecule has 2 N–H and O–H groups in total.